The van der Waals surface area contributed by atoms with E-state index < -0.39 is 4.92 Å². The van der Waals surface area contributed by atoms with Gasteiger partial charge >= 0.3 is 0 Å². The number of hydrogen-bond acceptors (Lipinski definition) is 5. The average molecular weight is 254 g/mol. The van der Waals surface area contributed by atoms with E-state index in [-0.39, 0.29) is 18.4 Å². The van der Waals surface area contributed by atoms with Gasteiger partial charge in [-0.15, -0.1) is 0 Å². The summed E-state index contributed by atoms with van der Waals surface area (Å²) in [6, 6.07) is 4.32. The first kappa shape index (κ1) is 14.4. The van der Waals surface area contributed by atoms with E-state index >= 15 is 0 Å². The van der Waals surface area contributed by atoms with Gasteiger partial charge in [0.2, 0.25) is 0 Å². The average Bonchev–Trinajstić information content (AvgIpc) is 2.30. The molecule has 0 aliphatic carbocycles. The molecule has 6 heteroatoms. The molecule has 0 heterocycles. The van der Waals surface area contributed by atoms with Crippen molar-refractivity contribution in [2.24, 2.45) is 0 Å². The highest BCUT2D eigenvalue weighted by molar-refractivity contribution is 5.52. The number of rotatable bonds is 7. The summed E-state index contributed by atoms with van der Waals surface area (Å²) in [5.74, 6) is 0. The van der Waals surface area contributed by atoms with E-state index in [1.54, 1.807) is 0 Å². The van der Waals surface area contributed by atoms with Crippen molar-refractivity contribution in [2.75, 3.05) is 18.9 Å². The first-order valence-electron chi connectivity index (χ1n) is 5.73. The van der Waals surface area contributed by atoms with Gasteiger partial charge in [0.1, 0.15) is 0 Å². The molecule has 1 rings (SSSR count). The number of nitro benzene ring substituents is 1. The molecule has 0 atom stereocenters. The monoisotopic (exact) mass is 254 g/mol. The second-order valence-corrected chi connectivity index (χ2v) is 4.11. The van der Waals surface area contributed by atoms with Crippen LogP contribution in [0.2, 0.25) is 0 Å². The quantitative estimate of drug-likeness (QED) is 0.348. The third-order valence-electron chi connectivity index (χ3n) is 2.27. The molecule has 0 bridgehead atoms. The van der Waals surface area contributed by atoms with E-state index in [2.05, 4.69) is 0 Å². The molecular formula is C12H18N2O4. The van der Waals surface area contributed by atoms with Gasteiger partial charge in [-0.25, -0.2) is 0 Å². The lowest BCUT2D eigenvalue weighted by Crippen LogP contribution is -2.10. The maximum Gasteiger partial charge on any atom is 0.269 e. The highest BCUT2D eigenvalue weighted by Crippen LogP contribution is 2.20. The third-order valence-corrected chi connectivity index (χ3v) is 2.27. The number of nitrogens with two attached hydrogens (primary N) is 1. The second kappa shape index (κ2) is 6.93. The van der Waals surface area contributed by atoms with Crippen LogP contribution in [0.15, 0.2) is 18.2 Å². The number of nitrogen functional groups attached to an aromatic ring is 1. The fourth-order valence-electron chi connectivity index (χ4n) is 1.36. The Labute approximate surface area is 106 Å². The number of nitro groups is 1. The molecule has 0 saturated carbocycles. The van der Waals surface area contributed by atoms with Crippen molar-refractivity contribution < 1.29 is 14.4 Å². The van der Waals surface area contributed by atoms with E-state index in [1.807, 2.05) is 13.8 Å². The maximum absolute atomic E-state index is 10.6. The molecule has 1 aromatic carbocycles. The molecule has 2 N–H and O–H groups in total. The molecule has 0 aliphatic heterocycles. The van der Waals surface area contributed by atoms with Gasteiger partial charge < -0.3 is 15.2 Å². The van der Waals surface area contributed by atoms with E-state index in [0.717, 1.165) is 0 Å². The van der Waals surface area contributed by atoms with Gasteiger partial charge in [-0.3, -0.25) is 10.1 Å². The van der Waals surface area contributed by atoms with E-state index in [9.17, 15) is 10.1 Å². The van der Waals surface area contributed by atoms with E-state index in [1.165, 1.54) is 18.2 Å². The van der Waals surface area contributed by atoms with Crippen LogP contribution in [0, 0.1) is 10.1 Å². The van der Waals surface area contributed by atoms with Gasteiger partial charge in [0.25, 0.3) is 5.69 Å². The Hall–Kier alpha value is -1.66. The molecular weight excluding hydrogens is 236 g/mol. The summed E-state index contributed by atoms with van der Waals surface area (Å²) in [6.07, 6.45) is 0.163. The minimum Gasteiger partial charge on any atom is -0.398 e. The summed E-state index contributed by atoms with van der Waals surface area (Å²) in [5.41, 5.74) is 6.84. The molecule has 0 aliphatic rings. The van der Waals surface area contributed by atoms with Gasteiger partial charge in [-0.1, -0.05) is 0 Å². The van der Waals surface area contributed by atoms with Crippen molar-refractivity contribution in [1.29, 1.82) is 0 Å². The lowest BCUT2D eigenvalue weighted by molar-refractivity contribution is -0.384. The molecule has 18 heavy (non-hydrogen) atoms. The van der Waals surface area contributed by atoms with E-state index in [4.69, 9.17) is 15.2 Å². The van der Waals surface area contributed by atoms with Crippen LogP contribution in [0.5, 0.6) is 0 Å². The van der Waals surface area contributed by atoms with Crippen molar-refractivity contribution in [3.8, 4) is 0 Å². The van der Waals surface area contributed by atoms with Crippen LogP contribution in [-0.4, -0.2) is 24.2 Å². The normalized spacial score (nSPS) is 10.8. The molecule has 0 fully saturated rings. The van der Waals surface area contributed by atoms with Crippen LogP contribution >= 0.6 is 0 Å². The predicted octanol–water partition coefficient (Wildman–Crippen LogP) is 2.12. The van der Waals surface area contributed by atoms with Crippen LogP contribution in [0.4, 0.5) is 11.4 Å². The third kappa shape index (κ3) is 4.68. The first-order valence-corrected chi connectivity index (χ1v) is 5.73. The standard InChI is InChI=1S/C12H18N2O4/c1-9(2)18-6-5-17-8-10-7-11(14(15)16)3-4-12(10)13/h3-4,7,9H,5-6,8,13H2,1-2H3. The van der Waals surface area contributed by atoms with Crippen LogP contribution in [-0.2, 0) is 16.1 Å². The maximum atomic E-state index is 10.6. The second-order valence-electron chi connectivity index (χ2n) is 4.11. The molecule has 0 unspecified atom stereocenters. The molecule has 0 spiro atoms. The Balaban J connectivity index is 2.46. The zero-order chi connectivity index (χ0) is 13.5. The summed E-state index contributed by atoms with van der Waals surface area (Å²) >= 11 is 0. The Morgan fingerprint density at radius 2 is 2.11 bits per heavy atom. The highest BCUT2D eigenvalue weighted by Gasteiger charge is 2.09. The molecule has 100 valence electrons. The van der Waals surface area contributed by atoms with Gasteiger partial charge in [-0.05, 0) is 19.9 Å². The smallest absolute Gasteiger partial charge is 0.269 e. The molecule has 0 amide bonds. The first-order chi connectivity index (χ1) is 8.50. The summed E-state index contributed by atoms with van der Waals surface area (Å²) in [7, 11) is 0. The number of hydrogen-bond donors (Lipinski definition) is 1. The van der Waals surface area contributed by atoms with Crippen LogP contribution in [0.1, 0.15) is 19.4 Å². The lowest BCUT2D eigenvalue weighted by atomic mass is 10.2. The SMILES string of the molecule is CC(C)OCCOCc1cc([N+](=O)[O-])ccc1N. The number of nitrogens with zero attached hydrogens (tertiary/aromatic N) is 1. The Morgan fingerprint density at radius 1 is 1.39 bits per heavy atom. The molecule has 1 aromatic rings. The van der Waals surface area contributed by atoms with Crippen molar-refractivity contribution in [2.45, 2.75) is 26.6 Å². The summed E-state index contributed by atoms with van der Waals surface area (Å²) in [4.78, 5) is 10.2. The van der Waals surface area contributed by atoms with Crippen molar-refractivity contribution >= 4 is 11.4 Å². The lowest BCUT2D eigenvalue weighted by Gasteiger charge is -2.09. The fraction of sp³-hybridized carbons (Fsp3) is 0.500. The number of benzene rings is 1. The summed E-state index contributed by atoms with van der Waals surface area (Å²) in [5, 5.41) is 10.6. The fourth-order valence-corrected chi connectivity index (χ4v) is 1.36. The van der Waals surface area contributed by atoms with Crippen LogP contribution < -0.4 is 5.73 Å². The Kier molecular flexibility index (Phi) is 5.54. The van der Waals surface area contributed by atoms with Gasteiger partial charge in [0.15, 0.2) is 0 Å². The zero-order valence-electron chi connectivity index (χ0n) is 10.6. The highest BCUT2D eigenvalue weighted by atomic mass is 16.6. The minimum atomic E-state index is -0.454. The summed E-state index contributed by atoms with van der Waals surface area (Å²) < 4.78 is 10.7. The predicted molar refractivity (Wildman–Crippen MR) is 68.3 cm³/mol. The Bertz CT molecular complexity index is 407. The number of non-ortho nitro benzene ring substituents is 1. The molecule has 0 saturated heterocycles. The molecule has 0 aromatic heterocycles. The zero-order valence-corrected chi connectivity index (χ0v) is 10.6. The van der Waals surface area contributed by atoms with Crippen molar-refractivity contribution in [3.05, 3.63) is 33.9 Å². The van der Waals surface area contributed by atoms with Gasteiger partial charge in [0.05, 0.1) is 30.8 Å². The van der Waals surface area contributed by atoms with Crippen LogP contribution in [0.25, 0.3) is 0 Å². The minimum absolute atomic E-state index is 0.0150. The van der Waals surface area contributed by atoms with Crippen molar-refractivity contribution in [3.63, 3.8) is 0 Å². The molecule has 0 radical (unpaired) electrons. The van der Waals surface area contributed by atoms with Crippen LogP contribution in [0.3, 0.4) is 0 Å². The summed E-state index contributed by atoms with van der Waals surface area (Å²) in [6.45, 7) is 5.05. The largest absolute Gasteiger partial charge is 0.398 e. The van der Waals surface area contributed by atoms with Gasteiger partial charge in [-0.2, -0.15) is 0 Å². The Morgan fingerprint density at radius 3 is 2.72 bits per heavy atom. The van der Waals surface area contributed by atoms with E-state index in [0.29, 0.717) is 24.5 Å². The topological polar surface area (TPSA) is 87.6 Å². The number of ether oxygens (including phenoxy) is 2. The van der Waals surface area contributed by atoms with Gasteiger partial charge in [0, 0.05) is 23.4 Å². The molecule has 6 nitrogen and oxygen atoms in total. The van der Waals surface area contributed by atoms with Crippen molar-refractivity contribution in [1.82, 2.24) is 0 Å². The number of anilines is 1.